The molecular formula is C25H29ClN6. The van der Waals surface area contributed by atoms with Gasteiger partial charge >= 0.3 is 0 Å². The number of nitrogens with zero attached hydrogens (tertiary/aromatic N) is 4. The van der Waals surface area contributed by atoms with Gasteiger partial charge in [0.1, 0.15) is 12.1 Å². The maximum absolute atomic E-state index is 6.09. The number of aromatic nitrogens is 2. The van der Waals surface area contributed by atoms with Crippen LogP contribution in [-0.4, -0.2) is 45.4 Å². The normalized spacial score (nSPS) is 17.8. The second-order valence-corrected chi connectivity index (χ2v) is 9.12. The van der Waals surface area contributed by atoms with Gasteiger partial charge in [-0.05, 0) is 61.2 Å². The number of likely N-dealkylation sites (tertiary alicyclic amines) is 1. The SMILES string of the molecule is NNc1ncnc2c1CCN(C1CCN(Cc3ccccc3-c3ccc(Cl)cc3)CC1)C2. The van der Waals surface area contributed by atoms with Crippen LogP contribution in [0.5, 0.6) is 0 Å². The van der Waals surface area contributed by atoms with Crippen LogP contribution in [0.1, 0.15) is 29.7 Å². The number of nitrogens with one attached hydrogen (secondary N) is 1. The molecule has 3 heterocycles. The number of benzene rings is 2. The molecule has 0 radical (unpaired) electrons. The molecule has 0 spiro atoms. The Hall–Kier alpha value is -2.51. The number of fused-ring (bicyclic) bond motifs is 1. The highest BCUT2D eigenvalue weighted by Gasteiger charge is 2.29. The fourth-order valence-corrected chi connectivity index (χ4v) is 5.19. The van der Waals surface area contributed by atoms with E-state index in [1.807, 2.05) is 12.1 Å². The van der Waals surface area contributed by atoms with Crippen LogP contribution in [0.15, 0.2) is 54.9 Å². The minimum absolute atomic E-state index is 0.607. The molecule has 1 saturated heterocycles. The van der Waals surface area contributed by atoms with Gasteiger partial charge in [-0.2, -0.15) is 0 Å². The predicted molar refractivity (Wildman–Crippen MR) is 129 cm³/mol. The average molecular weight is 449 g/mol. The number of hydrogen-bond acceptors (Lipinski definition) is 6. The zero-order chi connectivity index (χ0) is 21.9. The van der Waals surface area contributed by atoms with Crippen molar-refractivity contribution < 1.29 is 0 Å². The Morgan fingerprint density at radius 3 is 2.56 bits per heavy atom. The highest BCUT2D eigenvalue weighted by Crippen LogP contribution is 2.29. The summed E-state index contributed by atoms with van der Waals surface area (Å²) in [5.41, 5.74) is 8.88. The Morgan fingerprint density at radius 1 is 1.00 bits per heavy atom. The molecule has 2 aliphatic heterocycles. The molecule has 7 heteroatoms. The van der Waals surface area contributed by atoms with Crippen molar-refractivity contribution in [3.05, 3.63) is 76.7 Å². The number of halogens is 1. The standard InChI is InChI=1S/C25H29ClN6/c26-20-7-5-18(6-8-20)22-4-2-1-3-19(22)15-31-12-9-21(10-13-31)32-14-11-23-24(16-32)28-17-29-25(23)30-27/h1-8,17,21H,9-16,27H2,(H,28,29,30). The third kappa shape index (κ3) is 4.50. The molecule has 0 atom stereocenters. The summed E-state index contributed by atoms with van der Waals surface area (Å²) < 4.78 is 0. The second-order valence-electron chi connectivity index (χ2n) is 8.68. The van der Waals surface area contributed by atoms with E-state index in [2.05, 4.69) is 61.6 Å². The molecule has 2 aliphatic rings. The van der Waals surface area contributed by atoms with Crippen LogP contribution in [0.3, 0.4) is 0 Å². The molecule has 6 nitrogen and oxygen atoms in total. The van der Waals surface area contributed by atoms with Crippen molar-refractivity contribution in [1.29, 1.82) is 0 Å². The first-order valence-electron chi connectivity index (χ1n) is 11.3. The van der Waals surface area contributed by atoms with Crippen LogP contribution in [-0.2, 0) is 19.5 Å². The van der Waals surface area contributed by atoms with E-state index in [0.717, 1.165) is 55.7 Å². The lowest BCUT2D eigenvalue weighted by molar-refractivity contribution is 0.0937. The van der Waals surface area contributed by atoms with Crippen LogP contribution in [0.2, 0.25) is 5.02 Å². The minimum Gasteiger partial charge on any atom is -0.308 e. The molecule has 0 saturated carbocycles. The molecule has 3 aromatic rings. The van der Waals surface area contributed by atoms with E-state index < -0.39 is 0 Å². The summed E-state index contributed by atoms with van der Waals surface area (Å²) in [4.78, 5) is 13.9. The van der Waals surface area contributed by atoms with Crippen LogP contribution >= 0.6 is 11.6 Å². The third-order valence-electron chi connectivity index (χ3n) is 6.81. The summed E-state index contributed by atoms with van der Waals surface area (Å²) in [6.45, 7) is 5.13. The van der Waals surface area contributed by atoms with Crippen molar-refractivity contribution in [2.75, 3.05) is 25.1 Å². The molecule has 1 fully saturated rings. The summed E-state index contributed by atoms with van der Waals surface area (Å²) in [7, 11) is 0. The number of rotatable bonds is 5. The first-order valence-corrected chi connectivity index (χ1v) is 11.7. The van der Waals surface area contributed by atoms with E-state index in [0.29, 0.717) is 6.04 Å². The number of nitrogens with two attached hydrogens (primary N) is 1. The van der Waals surface area contributed by atoms with Crippen molar-refractivity contribution in [2.24, 2.45) is 5.84 Å². The van der Waals surface area contributed by atoms with E-state index in [1.165, 1.54) is 35.1 Å². The Morgan fingerprint density at radius 2 is 1.78 bits per heavy atom. The van der Waals surface area contributed by atoms with E-state index in [4.69, 9.17) is 17.4 Å². The van der Waals surface area contributed by atoms with Gasteiger partial charge < -0.3 is 5.43 Å². The molecule has 0 amide bonds. The maximum Gasteiger partial charge on any atom is 0.146 e. The molecule has 0 unspecified atom stereocenters. The number of nitrogen functional groups attached to an aromatic ring is 1. The van der Waals surface area contributed by atoms with Gasteiger partial charge in [-0.1, -0.05) is 48.0 Å². The molecule has 0 aliphatic carbocycles. The molecule has 1 aromatic heterocycles. The third-order valence-corrected chi connectivity index (χ3v) is 7.07. The highest BCUT2D eigenvalue weighted by atomic mass is 35.5. The van der Waals surface area contributed by atoms with Crippen molar-refractivity contribution in [1.82, 2.24) is 19.8 Å². The fourth-order valence-electron chi connectivity index (χ4n) is 5.06. The lowest BCUT2D eigenvalue weighted by Crippen LogP contribution is -2.46. The summed E-state index contributed by atoms with van der Waals surface area (Å²) in [6.07, 6.45) is 4.93. The first kappa shape index (κ1) is 21.3. The Labute approximate surface area is 194 Å². The fraction of sp³-hybridized carbons (Fsp3) is 0.360. The number of piperidine rings is 1. The summed E-state index contributed by atoms with van der Waals surface area (Å²) in [6, 6.07) is 17.5. The van der Waals surface area contributed by atoms with Gasteiger partial charge in [0.05, 0.1) is 5.69 Å². The molecule has 32 heavy (non-hydrogen) atoms. The van der Waals surface area contributed by atoms with E-state index in [-0.39, 0.29) is 0 Å². The average Bonchev–Trinajstić information content (AvgIpc) is 2.85. The van der Waals surface area contributed by atoms with Crippen LogP contribution in [0, 0.1) is 0 Å². The maximum atomic E-state index is 6.09. The first-order chi connectivity index (χ1) is 15.7. The van der Waals surface area contributed by atoms with Gasteiger partial charge in [-0.3, -0.25) is 9.80 Å². The predicted octanol–water partition coefficient (Wildman–Crippen LogP) is 4.11. The topological polar surface area (TPSA) is 70.3 Å². The molecule has 0 bridgehead atoms. The van der Waals surface area contributed by atoms with Gasteiger partial charge in [-0.15, -0.1) is 0 Å². The van der Waals surface area contributed by atoms with E-state index >= 15 is 0 Å². The lowest BCUT2D eigenvalue weighted by Gasteiger charge is -2.40. The van der Waals surface area contributed by atoms with Gasteiger partial charge in [0.2, 0.25) is 0 Å². The van der Waals surface area contributed by atoms with Crippen LogP contribution in [0.4, 0.5) is 5.82 Å². The number of anilines is 1. The van der Waals surface area contributed by atoms with Crippen LogP contribution in [0.25, 0.3) is 11.1 Å². The molecule has 3 N–H and O–H groups in total. The minimum atomic E-state index is 0.607. The van der Waals surface area contributed by atoms with Gasteiger partial charge in [-0.25, -0.2) is 15.8 Å². The van der Waals surface area contributed by atoms with Gasteiger partial charge in [0, 0.05) is 36.3 Å². The smallest absolute Gasteiger partial charge is 0.146 e. The quantitative estimate of drug-likeness (QED) is 0.452. The zero-order valence-corrected chi connectivity index (χ0v) is 18.9. The Bertz CT molecular complexity index is 1060. The summed E-state index contributed by atoms with van der Waals surface area (Å²) >= 11 is 6.09. The highest BCUT2D eigenvalue weighted by molar-refractivity contribution is 6.30. The monoisotopic (exact) mass is 448 g/mol. The van der Waals surface area contributed by atoms with Crippen molar-refractivity contribution in [2.45, 2.75) is 38.4 Å². The number of hydrogen-bond donors (Lipinski definition) is 2. The summed E-state index contributed by atoms with van der Waals surface area (Å²) in [5, 5.41) is 0.774. The largest absolute Gasteiger partial charge is 0.308 e. The summed E-state index contributed by atoms with van der Waals surface area (Å²) in [5.74, 6) is 6.39. The van der Waals surface area contributed by atoms with Crippen molar-refractivity contribution >= 4 is 17.4 Å². The zero-order valence-electron chi connectivity index (χ0n) is 18.2. The van der Waals surface area contributed by atoms with E-state index in [9.17, 15) is 0 Å². The van der Waals surface area contributed by atoms with E-state index in [1.54, 1.807) is 6.33 Å². The van der Waals surface area contributed by atoms with Gasteiger partial charge in [0.15, 0.2) is 0 Å². The molecule has 166 valence electrons. The molecule has 5 rings (SSSR count). The Kier molecular flexibility index (Phi) is 6.37. The Balaban J connectivity index is 1.21. The molecule has 2 aromatic carbocycles. The van der Waals surface area contributed by atoms with Gasteiger partial charge in [0.25, 0.3) is 0 Å². The number of hydrazine groups is 1. The lowest BCUT2D eigenvalue weighted by atomic mass is 9.96. The molecular weight excluding hydrogens is 420 g/mol. The van der Waals surface area contributed by atoms with Crippen molar-refractivity contribution in [3.63, 3.8) is 0 Å². The van der Waals surface area contributed by atoms with Crippen LogP contribution < -0.4 is 11.3 Å². The second kappa shape index (κ2) is 9.55. The van der Waals surface area contributed by atoms with Crippen molar-refractivity contribution in [3.8, 4) is 11.1 Å².